The van der Waals surface area contributed by atoms with E-state index in [2.05, 4.69) is 11.2 Å². The third-order valence-electron chi connectivity index (χ3n) is 3.69. The zero-order valence-electron chi connectivity index (χ0n) is 14.4. The molecule has 0 aromatic heterocycles. The molecule has 2 aromatic carbocycles. The zero-order chi connectivity index (χ0) is 21.1. The van der Waals surface area contributed by atoms with Crippen molar-refractivity contribution in [1.82, 2.24) is 5.32 Å². The summed E-state index contributed by atoms with van der Waals surface area (Å²) < 4.78 is 66.0. The lowest BCUT2D eigenvalue weighted by Crippen LogP contribution is -2.40. The molecule has 2 rings (SSSR count). The number of terminal acetylenes is 1. The van der Waals surface area contributed by atoms with Crippen LogP contribution in [0.5, 0.6) is 0 Å². The van der Waals surface area contributed by atoms with Crippen molar-refractivity contribution >= 4 is 33.2 Å². The summed E-state index contributed by atoms with van der Waals surface area (Å²) >= 11 is 5.89. The van der Waals surface area contributed by atoms with Crippen molar-refractivity contribution < 1.29 is 26.4 Å². The second kappa shape index (κ2) is 8.12. The van der Waals surface area contributed by atoms with Gasteiger partial charge in [-0.1, -0.05) is 23.6 Å². The van der Waals surface area contributed by atoms with Crippen molar-refractivity contribution in [1.29, 1.82) is 0 Å². The molecule has 5 nitrogen and oxygen atoms in total. The summed E-state index contributed by atoms with van der Waals surface area (Å²) in [5, 5.41) is 1.86. The molecular weight excluding hydrogens is 417 g/mol. The average Bonchev–Trinajstić information content (AvgIpc) is 2.64. The summed E-state index contributed by atoms with van der Waals surface area (Å²) in [5.41, 5.74) is -0.856. The smallest absolute Gasteiger partial charge is 0.358 e. The van der Waals surface area contributed by atoms with E-state index in [9.17, 15) is 26.4 Å². The third kappa shape index (κ3) is 4.58. The van der Waals surface area contributed by atoms with Crippen LogP contribution in [0.3, 0.4) is 0 Å². The molecule has 0 fully saturated rings. The fourth-order valence-electron chi connectivity index (χ4n) is 2.27. The van der Waals surface area contributed by atoms with Gasteiger partial charge in [-0.25, -0.2) is 8.42 Å². The molecule has 148 valence electrons. The number of hydrogen-bond acceptors (Lipinski definition) is 3. The van der Waals surface area contributed by atoms with Crippen LogP contribution in [0.4, 0.5) is 18.9 Å². The first-order valence-corrected chi connectivity index (χ1v) is 9.49. The van der Waals surface area contributed by atoms with Crippen LogP contribution in [-0.4, -0.2) is 27.9 Å². The van der Waals surface area contributed by atoms with Crippen molar-refractivity contribution in [3.63, 3.8) is 0 Å². The van der Waals surface area contributed by atoms with Gasteiger partial charge < -0.3 is 5.32 Å². The second-order valence-electron chi connectivity index (χ2n) is 5.52. The molecule has 0 aliphatic rings. The normalized spacial score (nSPS) is 11.6. The number of rotatable bonds is 5. The highest BCUT2D eigenvalue weighted by Gasteiger charge is 2.35. The maximum atomic E-state index is 13.1. The number of anilines is 1. The van der Waals surface area contributed by atoms with Crippen LogP contribution < -0.4 is 9.62 Å². The number of likely N-dealkylation sites (N-methyl/N-ethyl adjacent to an activating group) is 1. The molecule has 0 radical (unpaired) electrons. The summed E-state index contributed by atoms with van der Waals surface area (Å²) in [6.45, 7) is -0.681. The van der Waals surface area contributed by atoms with Gasteiger partial charge in [-0.3, -0.25) is 9.10 Å². The van der Waals surface area contributed by atoms with Gasteiger partial charge in [0.15, 0.2) is 0 Å². The number of carbonyl (C=O) groups is 1. The number of nitrogens with zero attached hydrogens (tertiary/aromatic N) is 1. The fourth-order valence-corrected chi connectivity index (χ4v) is 4.19. The molecule has 1 amide bonds. The van der Waals surface area contributed by atoms with Crippen LogP contribution in [0.15, 0.2) is 47.4 Å². The molecule has 0 saturated heterocycles. The summed E-state index contributed by atoms with van der Waals surface area (Å²) in [6, 6.07) is 7.62. The van der Waals surface area contributed by atoms with Gasteiger partial charge in [0, 0.05) is 12.6 Å². The van der Waals surface area contributed by atoms with E-state index in [1.807, 2.05) is 0 Å². The summed E-state index contributed by atoms with van der Waals surface area (Å²) in [6.07, 6.45) is 0.541. The van der Waals surface area contributed by atoms with Crippen LogP contribution in [0.2, 0.25) is 5.02 Å². The van der Waals surface area contributed by atoms with Crippen LogP contribution in [0.25, 0.3) is 0 Å². The molecule has 0 aliphatic carbocycles. The van der Waals surface area contributed by atoms with Crippen LogP contribution >= 0.6 is 11.6 Å². The van der Waals surface area contributed by atoms with Gasteiger partial charge in [0.25, 0.3) is 10.0 Å². The molecule has 0 spiro atoms. The van der Waals surface area contributed by atoms with E-state index < -0.39 is 44.1 Å². The van der Waals surface area contributed by atoms with Gasteiger partial charge in [-0.15, -0.1) is 6.42 Å². The Morgan fingerprint density at radius 2 is 1.93 bits per heavy atom. The van der Waals surface area contributed by atoms with Crippen molar-refractivity contribution in [2.45, 2.75) is 11.1 Å². The lowest BCUT2D eigenvalue weighted by Gasteiger charge is -2.25. The van der Waals surface area contributed by atoms with E-state index in [1.165, 1.54) is 31.3 Å². The van der Waals surface area contributed by atoms with Gasteiger partial charge in [0.05, 0.1) is 16.3 Å². The van der Waals surface area contributed by atoms with Gasteiger partial charge in [-0.05, 0) is 36.4 Å². The molecule has 0 atom stereocenters. The molecule has 2 aromatic rings. The SMILES string of the molecule is C#Cc1cccc(N(CC(=O)NC)S(=O)(=O)c2cc(C(F)(F)F)ccc2Cl)c1. The summed E-state index contributed by atoms with van der Waals surface area (Å²) in [7, 11) is -3.33. The van der Waals surface area contributed by atoms with E-state index in [0.717, 1.165) is 6.07 Å². The molecule has 10 heteroatoms. The maximum Gasteiger partial charge on any atom is 0.416 e. The minimum atomic E-state index is -4.77. The minimum absolute atomic E-state index is 0.00697. The molecule has 0 bridgehead atoms. The Hall–Kier alpha value is -2.70. The fraction of sp³-hybridized carbons (Fsp3) is 0.167. The molecule has 0 unspecified atom stereocenters. The Morgan fingerprint density at radius 3 is 2.50 bits per heavy atom. The number of alkyl halides is 3. The Bertz CT molecular complexity index is 1050. The molecule has 1 N–H and O–H groups in total. The highest BCUT2D eigenvalue weighted by Crippen LogP contribution is 2.35. The standard InChI is InChI=1S/C18H14ClF3N2O3S/c1-3-12-5-4-6-14(9-12)24(11-17(25)23-2)28(26,27)16-10-13(18(20,21)22)7-8-15(16)19/h1,4-10H,11H2,2H3,(H,23,25). The van der Waals surface area contributed by atoms with Crippen LogP contribution in [-0.2, 0) is 21.0 Å². The number of amides is 1. The quantitative estimate of drug-likeness (QED) is 0.740. The lowest BCUT2D eigenvalue weighted by atomic mass is 10.2. The first-order valence-electron chi connectivity index (χ1n) is 7.67. The Balaban J connectivity index is 2.68. The minimum Gasteiger partial charge on any atom is -0.358 e. The van der Waals surface area contributed by atoms with E-state index in [1.54, 1.807) is 0 Å². The van der Waals surface area contributed by atoms with Crippen molar-refractivity contribution in [3.05, 3.63) is 58.6 Å². The molecule has 0 saturated carbocycles. The predicted molar refractivity (Wildman–Crippen MR) is 99.4 cm³/mol. The number of benzene rings is 2. The summed E-state index contributed by atoms with van der Waals surface area (Å²) in [4.78, 5) is 11.1. The highest BCUT2D eigenvalue weighted by atomic mass is 35.5. The van der Waals surface area contributed by atoms with E-state index in [0.29, 0.717) is 22.0 Å². The largest absolute Gasteiger partial charge is 0.416 e. The zero-order valence-corrected chi connectivity index (χ0v) is 16.0. The van der Waals surface area contributed by atoms with Crippen molar-refractivity contribution in [3.8, 4) is 12.3 Å². The first-order chi connectivity index (χ1) is 13.0. The van der Waals surface area contributed by atoms with Gasteiger partial charge in [-0.2, -0.15) is 13.2 Å². The molecular formula is C18H14ClF3N2O3S. The van der Waals surface area contributed by atoms with Crippen LogP contribution in [0.1, 0.15) is 11.1 Å². The number of hydrogen-bond donors (Lipinski definition) is 1. The number of carbonyl (C=O) groups excluding carboxylic acids is 1. The van der Waals surface area contributed by atoms with Gasteiger partial charge in [0.1, 0.15) is 11.4 Å². The van der Waals surface area contributed by atoms with E-state index in [-0.39, 0.29) is 5.69 Å². The van der Waals surface area contributed by atoms with Gasteiger partial charge >= 0.3 is 6.18 Å². The Labute approximate surface area is 165 Å². The Kier molecular flexibility index (Phi) is 6.27. The van der Waals surface area contributed by atoms with Gasteiger partial charge in [0.2, 0.25) is 5.91 Å². The number of halogens is 4. The first kappa shape index (κ1) is 21.6. The van der Waals surface area contributed by atoms with Crippen LogP contribution in [0, 0.1) is 12.3 Å². The predicted octanol–water partition coefficient (Wildman–Crippen LogP) is 3.28. The maximum absolute atomic E-state index is 13.1. The van der Waals surface area contributed by atoms with E-state index >= 15 is 0 Å². The average molecular weight is 431 g/mol. The number of sulfonamides is 1. The highest BCUT2D eigenvalue weighted by molar-refractivity contribution is 7.93. The van der Waals surface area contributed by atoms with E-state index in [4.69, 9.17) is 18.0 Å². The summed E-state index contributed by atoms with van der Waals surface area (Å²) in [5.74, 6) is 1.64. The van der Waals surface area contributed by atoms with Crippen molar-refractivity contribution in [2.24, 2.45) is 0 Å². The molecule has 0 heterocycles. The topological polar surface area (TPSA) is 66.5 Å². The van der Waals surface area contributed by atoms with Crippen molar-refractivity contribution in [2.75, 3.05) is 17.9 Å². The number of nitrogens with one attached hydrogen (secondary N) is 1. The monoisotopic (exact) mass is 430 g/mol. The lowest BCUT2D eigenvalue weighted by molar-refractivity contribution is -0.137. The third-order valence-corrected chi connectivity index (χ3v) is 5.95. The molecule has 28 heavy (non-hydrogen) atoms. The second-order valence-corrected chi connectivity index (χ2v) is 7.76. The molecule has 0 aliphatic heterocycles. The Morgan fingerprint density at radius 1 is 1.25 bits per heavy atom.